The zero-order valence-electron chi connectivity index (χ0n) is 9.03. The van der Waals surface area contributed by atoms with Gasteiger partial charge in [-0.25, -0.2) is 0 Å². The van der Waals surface area contributed by atoms with Crippen LogP contribution in [0.1, 0.15) is 24.3 Å². The average Bonchev–Trinajstić information content (AvgIpc) is 2.28. The van der Waals surface area contributed by atoms with Gasteiger partial charge >= 0.3 is 0 Å². The largest absolute Gasteiger partial charge is 0.296 e. The molecule has 1 saturated heterocycles. The first-order chi connectivity index (χ1) is 7.69. The van der Waals surface area contributed by atoms with Crippen molar-refractivity contribution in [1.82, 2.24) is 5.32 Å². The lowest BCUT2D eigenvalue weighted by molar-refractivity contribution is -0.133. The molecule has 1 heterocycles. The summed E-state index contributed by atoms with van der Waals surface area (Å²) < 4.78 is 0. The van der Waals surface area contributed by atoms with Crippen LogP contribution in [-0.2, 0) is 9.59 Å². The van der Waals surface area contributed by atoms with Gasteiger partial charge in [-0.05, 0) is 24.0 Å². The second-order valence-electron chi connectivity index (χ2n) is 3.85. The highest BCUT2D eigenvalue weighted by Crippen LogP contribution is 2.27. The second kappa shape index (κ2) is 4.70. The quantitative estimate of drug-likeness (QED) is 0.629. The molecule has 0 bridgehead atoms. The van der Waals surface area contributed by atoms with Gasteiger partial charge < -0.3 is 0 Å². The van der Waals surface area contributed by atoms with Crippen molar-refractivity contribution in [2.24, 2.45) is 0 Å². The van der Waals surface area contributed by atoms with Gasteiger partial charge in [0.15, 0.2) is 0 Å². The summed E-state index contributed by atoms with van der Waals surface area (Å²) in [6.45, 7) is 0. The van der Waals surface area contributed by atoms with Gasteiger partial charge in [0.25, 0.3) is 0 Å². The number of hydrogen-bond acceptors (Lipinski definition) is 3. The first kappa shape index (κ1) is 11.2. The van der Waals surface area contributed by atoms with Crippen LogP contribution in [0.3, 0.4) is 0 Å². The maximum absolute atomic E-state index is 11.2. The van der Waals surface area contributed by atoms with Gasteiger partial charge in [0.05, 0.1) is 0 Å². The molecule has 0 radical (unpaired) electrons. The fourth-order valence-electron chi connectivity index (χ4n) is 1.89. The topological polar surface area (TPSA) is 46.2 Å². The van der Waals surface area contributed by atoms with Crippen molar-refractivity contribution < 1.29 is 9.59 Å². The molecule has 3 nitrogen and oxygen atoms in total. The molecule has 1 aliphatic rings. The predicted octanol–water partition coefficient (Wildman–Crippen LogP) is 1.93. The highest BCUT2D eigenvalue weighted by atomic mass is 32.2. The Morgan fingerprint density at radius 3 is 2.19 bits per heavy atom. The monoisotopic (exact) mass is 235 g/mol. The standard InChI is InChI=1S/C12H13NO2S/c1-16-10-4-2-8(3-5-10)9-6-11(14)13-12(15)7-9/h2-5,9H,6-7H2,1H3,(H,13,14,15). The lowest BCUT2D eigenvalue weighted by atomic mass is 9.89. The number of carbonyl (C=O) groups excluding carboxylic acids is 2. The molecule has 0 aliphatic carbocycles. The van der Waals surface area contributed by atoms with Gasteiger partial charge in [0.1, 0.15) is 0 Å². The first-order valence-electron chi connectivity index (χ1n) is 5.15. The number of hydrogen-bond donors (Lipinski definition) is 1. The van der Waals surface area contributed by atoms with E-state index < -0.39 is 0 Å². The van der Waals surface area contributed by atoms with Crippen molar-refractivity contribution in [2.45, 2.75) is 23.7 Å². The highest BCUT2D eigenvalue weighted by molar-refractivity contribution is 7.98. The van der Waals surface area contributed by atoms with Crippen molar-refractivity contribution >= 4 is 23.6 Å². The summed E-state index contributed by atoms with van der Waals surface area (Å²) in [6, 6.07) is 8.05. The summed E-state index contributed by atoms with van der Waals surface area (Å²) in [6.07, 6.45) is 2.83. The summed E-state index contributed by atoms with van der Waals surface area (Å²) in [5.74, 6) is -0.303. The van der Waals surface area contributed by atoms with E-state index in [1.54, 1.807) is 11.8 Å². The number of nitrogens with one attached hydrogen (secondary N) is 1. The zero-order valence-corrected chi connectivity index (χ0v) is 9.84. The number of rotatable bonds is 2. The number of carbonyl (C=O) groups is 2. The molecular formula is C12H13NO2S. The van der Waals surface area contributed by atoms with E-state index in [0.717, 1.165) is 5.56 Å². The third-order valence-corrected chi connectivity index (χ3v) is 3.47. The molecule has 1 N–H and O–H groups in total. The summed E-state index contributed by atoms with van der Waals surface area (Å²) >= 11 is 1.68. The van der Waals surface area contributed by atoms with Crippen molar-refractivity contribution in [1.29, 1.82) is 0 Å². The third kappa shape index (κ3) is 2.44. The van der Waals surface area contributed by atoms with E-state index in [0.29, 0.717) is 12.8 Å². The molecule has 0 aromatic heterocycles. The molecule has 16 heavy (non-hydrogen) atoms. The molecule has 1 aromatic rings. The van der Waals surface area contributed by atoms with Crippen LogP contribution in [0.2, 0.25) is 0 Å². The number of imide groups is 1. The Balaban J connectivity index is 2.16. The molecule has 84 valence electrons. The van der Waals surface area contributed by atoms with Gasteiger partial charge in [-0.1, -0.05) is 12.1 Å². The van der Waals surface area contributed by atoms with E-state index in [1.165, 1.54) is 4.90 Å². The van der Waals surface area contributed by atoms with E-state index in [2.05, 4.69) is 5.32 Å². The van der Waals surface area contributed by atoms with Crippen molar-refractivity contribution in [3.63, 3.8) is 0 Å². The van der Waals surface area contributed by atoms with Crippen LogP contribution in [0.25, 0.3) is 0 Å². The van der Waals surface area contributed by atoms with Crippen molar-refractivity contribution in [3.05, 3.63) is 29.8 Å². The Kier molecular flexibility index (Phi) is 3.29. The van der Waals surface area contributed by atoms with Gasteiger partial charge in [-0.15, -0.1) is 11.8 Å². The maximum Gasteiger partial charge on any atom is 0.227 e. The zero-order chi connectivity index (χ0) is 11.5. The van der Waals surface area contributed by atoms with Crippen LogP contribution in [0, 0.1) is 0 Å². The molecular weight excluding hydrogens is 222 g/mol. The van der Waals surface area contributed by atoms with E-state index in [4.69, 9.17) is 0 Å². The lowest BCUT2D eigenvalue weighted by Crippen LogP contribution is -2.37. The number of piperidine rings is 1. The minimum atomic E-state index is -0.171. The van der Waals surface area contributed by atoms with Gasteiger partial charge in [0.2, 0.25) is 11.8 Å². The molecule has 4 heteroatoms. The number of benzene rings is 1. The third-order valence-electron chi connectivity index (χ3n) is 2.73. The fourth-order valence-corrected chi connectivity index (χ4v) is 2.30. The Bertz CT molecular complexity index is 398. The van der Waals surface area contributed by atoms with Gasteiger partial charge in [-0.2, -0.15) is 0 Å². The number of thioether (sulfide) groups is 1. The van der Waals surface area contributed by atoms with E-state index in [-0.39, 0.29) is 17.7 Å². The molecule has 0 unspecified atom stereocenters. The van der Waals surface area contributed by atoms with Crippen LogP contribution in [-0.4, -0.2) is 18.1 Å². The van der Waals surface area contributed by atoms with E-state index in [1.807, 2.05) is 30.5 Å². The smallest absolute Gasteiger partial charge is 0.227 e. The van der Waals surface area contributed by atoms with Gasteiger partial charge in [-0.3, -0.25) is 14.9 Å². The fraction of sp³-hybridized carbons (Fsp3) is 0.333. The SMILES string of the molecule is CSc1ccc(C2CC(=O)NC(=O)C2)cc1. The second-order valence-corrected chi connectivity index (χ2v) is 4.73. The molecule has 0 spiro atoms. The molecule has 1 fully saturated rings. The van der Waals surface area contributed by atoms with Crippen LogP contribution in [0.5, 0.6) is 0 Å². The summed E-state index contributed by atoms with van der Waals surface area (Å²) in [5.41, 5.74) is 1.07. The molecule has 2 amide bonds. The molecule has 0 atom stereocenters. The van der Waals surface area contributed by atoms with E-state index >= 15 is 0 Å². The van der Waals surface area contributed by atoms with Crippen molar-refractivity contribution in [2.75, 3.05) is 6.26 Å². The van der Waals surface area contributed by atoms with Crippen LogP contribution >= 0.6 is 11.8 Å². The number of amides is 2. The van der Waals surface area contributed by atoms with Crippen LogP contribution in [0.15, 0.2) is 29.2 Å². The van der Waals surface area contributed by atoms with Crippen molar-refractivity contribution in [3.8, 4) is 0 Å². The Morgan fingerprint density at radius 2 is 1.69 bits per heavy atom. The average molecular weight is 235 g/mol. The van der Waals surface area contributed by atoms with E-state index in [9.17, 15) is 9.59 Å². The molecule has 0 saturated carbocycles. The Labute approximate surface area is 98.6 Å². The predicted molar refractivity (Wildman–Crippen MR) is 63.3 cm³/mol. The van der Waals surface area contributed by atoms with Crippen LogP contribution < -0.4 is 5.32 Å². The maximum atomic E-state index is 11.2. The summed E-state index contributed by atoms with van der Waals surface area (Å²) in [4.78, 5) is 23.7. The molecule has 2 rings (SSSR count). The minimum Gasteiger partial charge on any atom is -0.296 e. The van der Waals surface area contributed by atoms with Gasteiger partial charge in [0, 0.05) is 23.7 Å². The normalized spacial score (nSPS) is 17.3. The minimum absolute atomic E-state index is 0.0390. The summed E-state index contributed by atoms with van der Waals surface area (Å²) in [7, 11) is 0. The van der Waals surface area contributed by atoms with Crippen LogP contribution in [0.4, 0.5) is 0 Å². The summed E-state index contributed by atoms with van der Waals surface area (Å²) in [5, 5.41) is 2.32. The molecule has 1 aromatic carbocycles. The Morgan fingerprint density at radius 1 is 1.12 bits per heavy atom. The highest BCUT2D eigenvalue weighted by Gasteiger charge is 2.25. The Hall–Kier alpha value is -1.29. The lowest BCUT2D eigenvalue weighted by Gasteiger charge is -2.21. The first-order valence-corrected chi connectivity index (χ1v) is 6.38. The molecule has 1 aliphatic heterocycles.